The number of hydrogen-bond donors (Lipinski definition) is 2. The van der Waals surface area contributed by atoms with Gasteiger partial charge in [-0.3, -0.25) is 4.79 Å². The Hall–Kier alpha value is -2.44. The van der Waals surface area contributed by atoms with Crippen molar-refractivity contribution >= 4 is 35.1 Å². The maximum atomic E-state index is 13.9. The molecular formula is C27H33ClN4OS. The van der Waals surface area contributed by atoms with E-state index in [0.717, 1.165) is 35.7 Å². The Labute approximate surface area is 211 Å². The number of aromatic nitrogens is 2. The number of carbonyl (C=O) groups excluding carboxylic acids is 1. The van der Waals surface area contributed by atoms with Gasteiger partial charge in [0.05, 0.1) is 17.1 Å². The zero-order valence-corrected chi connectivity index (χ0v) is 22.1. The van der Waals surface area contributed by atoms with Crippen LogP contribution in [0.4, 0.5) is 5.82 Å². The van der Waals surface area contributed by atoms with Crippen LogP contribution in [0.3, 0.4) is 0 Å². The minimum atomic E-state index is -0.491. The van der Waals surface area contributed by atoms with Gasteiger partial charge in [0.2, 0.25) is 0 Å². The number of anilines is 1. The lowest BCUT2D eigenvalue weighted by Crippen LogP contribution is -2.45. The first-order valence-corrected chi connectivity index (χ1v) is 13.4. The highest BCUT2D eigenvalue weighted by molar-refractivity contribution is 7.98. The Morgan fingerprint density at radius 1 is 1.18 bits per heavy atom. The van der Waals surface area contributed by atoms with Crippen LogP contribution in [-0.4, -0.2) is 21.9 Å². The molecule has 0 radical (unpaired) electrons. The second kappa shape index (κ2) is 9.67. The largest absolute Gasteiger partial charge is 0.363 e. The Bertz CT molecular complexity index is 1150. The van der Waals surface area contributed by atoms with Gasteiger partial charge in [-0.2, -0.15) is 5.10 Å². The molecule has 2 N–H and O–H groups in total. The molecule has 5 nitrogen and oxygen atoms in total. The summed E-state index contributed by atoms with van der Waals surface area (Å²) in [5.74, 6) is 0.672. The molecule has 1 aliphatic heterocycles. The summed E-state index contributed by atoms with van der Waals surface area (Å²) in [6, 6.07) is 18.3. The second-order valence-electron chi connectivity index (χ2n) is 9.52. The van der Waals surface area contributed by atoms with Gasteiger partial charge >= 0.3 is 0 Å². The van der Waals surface area contributed by atoms with E-state index in [1.165, 1.54) is 17.3 Å². The fraction of sp³-hybridized carbons (Fsp3) is 0.407. The van der Waals surface area contributed by atoms with Crippen molar-refractivity contribution < 1.29 is 4.79 Å². The molecule has 0 saturated carbocycles. The van der Waals surface area contributed by atoms with Crippen molar-refractivity contribution in [2.24, 2.45) is 0 Å². The number of halogens is 1. The normalized spacial score (nSPS) is 17.1. The number of benzene rings is 2. The third-order valence-electron chi connectivity index (χ3n) is 7.02. The summed E-state index contributed by atoms with van der Waals surface area (Å²) in [6.07, 6.45) is 4.37. The molecule has 4 rings (SSSR count). The van der Waals surface area contributed by atoms with E-state index < -0.39 is 5.54 Å². The molecule has 0 fully saturated rings. The van der Waals surface area contributed by atoms with Gasteiger partial charge in [-0.15, -0.1) is 11.8 Å². The summed E-state index contributed by atoms with van der Waals surface area (Å²) < 4.78 is 2.00. The highest BCUT2D eigenvalue weighted by Crippen LogP contribution is 2.43. The van der Waals surface area contributed by atoms with Gasteiger partial charge in [-0.05, 0) is 62.6 Å². The van der Waals surface area contributed by atoms with E-state index in [1.54, 1.807) is 0 Å². The molecule has 0 aliphatic carbocycles. The van der Waals surface area contributed by atoms with Crippen LogP contribution in [0.1, 0.15) is 74.5 Å². The average Bonchev–Trinajstić information content (AvgIpc) is 3.23. The van der Waals surface area contributed by atoms with Gasteiger partial charge < -0.3 is 10.6 Å². The van der Waals surface area contributed by atoms with Crippen LogP contribution < -0.4 is 10.6 Å². The number of thioether (sulfide) groups is 1. The van der Waals surface area contributed by atoms with E-state index in [1.807, 2.05) is 41.3 Å². The van der Waals surface area contributed by atoms with Crippen LogP contribution in [0, 0.1) is 0 Å². The number of nitrogens with one attached hydrogen (secondary N) is 2. The van der Waals surface area contributed by atoms with Gasteiger partial charge in [0, 0.05) is 5.02 Å². The van der Waals surface area contributed by atoms with Crippen LogP contribution >= 0.6 is 23.4 Å². The summed E-state index contributed by atoms with van der Waals surface area (Å²) in [6.45, 7) is 8.58. The van der Waals surface area contributed by atoms with E-state index in [4.69, 9.17) is 16.7 Å². The van der Waals surface area contributed by atoms with Crippen LogP contribution in [0.2, 0.25) is 5.02 Å². The third kappa shape index (κ3) is 4.46. The van der Waals surface area contributed by atoms with Crippen LogP contribution in [0.5, 0.6) is 0 Å². The number of carbonyl (C=O) groups is 1. The van der Waals surface area contributed by atoms with Gasteiger partial charge in [0.25, 0.3) is 5.91 Å². The van der Waals surface area contributed by atoms with E-state index >= 15 is 0 Å². The topological polar surface area (TPSA) is 59.0 Å². The molecular weight excluding hydrogens is 464 g/mol. The summed E-state index contributed by atoms with van der Waals surface area (Å²) >= 11 is 7.64. The molecule has 0 spiro atoms. The molecule has 2 aromatic carbocycles. The van der Waals surface area contributed by atoms with Crippen molar-refractivity contribution in [3.63, 3.8) is 0 Å². The summed E-state index contributed by atoms with van der Waals surface area (Å²) in [5.41, 5.74) is 2.14. The lowest BCUT2D eigenvalue weighted by atomic mass is 9.84. The van der Waals surface area contributed by atoms with E-state index in [9.17, 15) is 4.79 Å². The summed E-state index contributed by atoms with van der Waals surface area (Å²) in [7, 11) is 0. The summed E-state index contributed by atoms with van der Waals surface area (Å²) in [4.78, 5) is 13.9. The Morgan fingerprint density at radius 3 is 2.41 bits per heavy atom. The van der Waals surface area contributed by atoms with Crippen molar-refractivity contribution in [2.75, 3.05) is 11.6 Å². The van der Waals surface area contributed by atoms with Gasteiger partial charge in [-0.1, -0.05) is 67.9 Å². The van der Waals surface area contributed by atoms with Crippen molar-refractivity contribution in [1.82, 2.24) is 15.1 Å². The van der Waals surface area contributed by atoms with Gasteiger partial charge in [0.1, 0.15) is 16.4 Å². The second-order valence-corrected chi connectivity index (χ2v) is 10.8. The molecule has 1 aromatic heterocycles. The fourth-order valence-electron chi connectivity index (χ4n) is 4.96. The van der Waals surface area contributed by atoms with Crippen molar-refractivity contribution in [3.05, 3.63) is 76.3 Å². The SMILES string of the molecule is CCC(CC)(NC(=O)c1c(SC)nn2c1NC(c1ccccc1)CC2(C)C)c1ccc(Cl)cc1. The lowest BCUT2D eigenvalue weighted by molar-refractivity contribution is 0.0887. The maximum Gasteiger partial charge on any atom is 0.258 e. The molecule has 180 valence electrons. The predicted octanol–water partition coefficient (Wildman–Crippen LogP) is 7.00. The van der Waals surface area contributed by atoms with Gasteiger partial charge in [-0.25, -0.2) is 4.68 Å². The highest BCUT2D eigenvalue weighted by Gasteiger charge is 2.40. The molecule has 34 heavy (non-hydrogen) atoms. The van der Waals surface area contributed by atoms with E-state index in [0.29, 0.717) is 10.6 Å². The van der Waals surface area contributed by atoms with Crippen LogP contribution in [0.25, 0.3) is 0 Å². The molecule has 3 aromatic rings. The smallest absolute Gasteiger partial charge is 0.258 e. The Balaban J connectivity index is 1.75. The molecule has 1 atom stereocenters. The van der Waals surface area contributed by atoms with E-state index in [2.05, 4.69) is 62.6 Å². The molecule has 1 amide bonds. The number of nitrogens with zero attached hydrogens (tertiary/aromatic N) is 2. The first-order chi connectivity index (χ1) is 16.2. The molecule has 2 heterocycles. The molecule has 1 unspecified atom stereocenters. The Morgan fingerprint density at radius 2 is 1.82 bits per heavy atom. The van der Waals surface area contributed by atoms with Crippen LogP contribution in [-0.2, 0) is 11.1 Å². The quantitative estimate of drug-likeness (QED) is 0.346. The number of fused-ring (bicyclic) bond motifs is 1. The van der Waals surface area contributed by atoms with E-state index in [-0.39, 0.29) is 17.5 Å². The first kappa shape index (κ1) is 24.7. The lowest BCUT2D eigenvalue weighted by Gasteiger charge is -2.38. The van der Waals surface area contributed by atoms with Crippen molar-refractivity contribution in [2.45, 2.75) is 69.1 Å². The predicted molar refractivity (Wildman–Crippen MR) is 142 cm³/mol. The first-order valence-electron chi connectivity index (χ1n) is 11.8. The molecule has 1 aliphatic rings. The Kier molecular flexibility index (Phi) is 7.02. The minimum absolute atomic E-state index is 0.0972. The maximum absolute atomic E-state index is 13.9. The molecule has 7 heteroatoms. The molecule has 0 bridgehead atoms. The summed E-state index contributed by atoms with van der Waals surface area (Å²) in [5, 5.41) is 13.3. The number of rotatable bonds is 7. The third-order valence-corrected chi connectivity index (χ3v) is 7.94. The monoisotopic (exact) mass is 496 g/mol. The standard InChI is InChI=1S/C27H33ClN4OS/c1-6-27(7-2,19-13-15-20(28)16-14-19)30-24(33)22-23-29-21(18-11-9-8-10-12-18)17-26(3,4)32(23)31-25(22)34-5/h8-16,21,29H,6-7,17H2,1-5H3,(H,30,33). The molecule has 0 saturated heterocycles. The number of hydrogen-bond acceptors (Lipinski definition) is 4. The van der Waals surface area contributed by atoms with Crippen LogP contribution in [0.15, 0.2) is 59.6 Å². The minimum Gasteiger partial charge on any atom is -0.363 e. The average molecular weight is 497 g/mol. The zero-order valence-electron chi connectivity index (χ0n) is 20.5. The number of amides is 1. The fourth-order valence-corrected chi connectivity index (χ4v) is 5.64. The zero-order chi connectivity index (χ0) is 24.5. The van der Waals surface area contributed by atoms with Crippen molar-refractivity contribution in [1.29, 1.82) is 0 Å². The highest BCUT2D eigenvalue weighted by atomic mass is 35.5. The van der Waals surface area contributed by atoms with Gasteiger partial charge in [0.15, 0.2) is 0 Å². The van der Waals surface area contributed by atoms with Crippen molar-refractivity contribution in [3.8, 4) is 0 Å².